The van der Waals surface area contributed by atoms with E-state index in [1.807, 2.05) is 44.2 Å². The Morgan fingerprint density at radius 3 is 2.52 bits per heavy atom. The summed E-state index contributed by atoms with van der Waals surface area (Å²) in [5, 5.41) is 21.2. The monoisotopic (exact) mass is 344 g/mol. The van der Waals surface area contributed by atoms with Crippen LogP contribution in [0.15, 0.2) is 42.5 Å². The quantitative estimate of drug-likeness (QED) is 0.615. The molecule has 2 N–H and O–H groups in total. The second-order valence-corrected chi connectivity index (χ2v) is 7.99. The third kappa shape index (κ3) is 2.21. The standard InChI is InChI=1S/C21H28O4/c1-14-18-16(13-22)12-20(19(14,2)3,21(18,24)25-4)17(23)11-10-15-8-6-5-7-9-15/h5-9,16,18,22,24H,1,10-13H2,2-4H3. The van der Waals surface area contributed by atoms with Gasteiger partial charge in [-0.05, 0) is 24.3 Å². The predicted molar refractivity (Wildman–Crippen MR) is 95.8 cm³/mol. The summed E-state index contributed by atoms with van der Waals surface area (Å²) in [7, 11) is 1.45. The molecular formula is C21H28O4. The van der Waals surface area contributed by atoms with Crippen LogP contribution in [0.4, 0.5) is 0 Å². The van der Waals surface area contributed by atoms with Gasteiger partial charge in [0.25, 0.3) is 0 Å². The first kappa shape index (κ1) is 18.3. The summed E-state index contributed by atoms with van der Waals surface area (Å²) in [5.41, 5.74) is 0.242. The van der Waals surface area contributed by atoms with Crippen LogP contribution in [0.2, 0.25) is 0 Å². The molecular weight excluding hydrogens is 316 g/mol. The molecule has 0 aliphatic heterocycles. The Kier molecular flexibility index (Phi) is 4.43. The first-order valence-corrected chi connectivity index (χ1v) is 8.91. The van der Waals surface area contributed by atoms with Crippen LogP contribution in [0.5, 0.6) is 0 Å². The van der Waals surface area contributed by atoms with Gasteiger partial charge in [-0.1, -0.05) is 56.3 Å². The fourth-order valence-corrected chi connectivity index (χ4v) is 5.38. The van der Waals surface area contributed by atoms with Crippen LogP contribution in [0.25, 0.3) is 0 Å². The highest BCUT2D eigenvalue weighted by Gasteiger charge is 2.79. The van der Waals surface area contributed by atoms with Crippen molar-refractivity contribution in [3.8, 4) is 0 Å². The highest BCUT2D eigenvalue weighted by atomic mass is 16.6. The normalized spacial score (nSPS) is 36.0. The van der Waals surface area contributed by atoms with Crippen LogP contribution in [0.1, 0.15) is 32.3 Å². The van der Waals surface area contributed by atoms with Crippen molar-refractivity contribution in [1.29, 1.82) is 0 Å². The molecule has 0 saturated heterocycles. The molecule has 4 nitrogen and oxygen atoms in total. The molecule has 0 amide bonds. The van der Waals surface area contributed by atoms with E-state index in [9.17, 15) is 15.0 Å². The zero-order valence-corrected chi connectivity index (χ0v) is 15.3. The lowest BCUT2D eigenvalue weighted by atomic mass is 9.58. The number of ketones is 1. The van der Waals surface area contributed by atoms with Crippen LogP contribution >= 0.6 is 0 Å². The largest absolute Gasteiger partial charge is 0.396 e. The average Bonchev–Trinajstić information content (AvgIpc) is 2.96. The van der Waals surface area contributed by atoms with E-state index >= 15 is 0 Å². The Labute approximate surface area is 149 Å². The Morgan fingerprint density at radius 2 is 1.96 bits per heavy atom. The molecule has 4 unspecified atom stereocenters. The maximum atomic E-state index is 13.4. The Morgan fingerprint density at radius 1 is 1.32 bits per heavy atom. The lowest BCUT2D eigenvalue weighted by Gasteiger charge is -2.46. The number of carbonyl (C=O) groups excluding carboxylic acids is 1. The van der Waals surface area contributed by atoms with E-state index in [1.165, 1.54) is 7.11 Å². The fraction of sp³-hybridized carbons (Fsp3) is 0.571. The van der Waals surface area contributed by atoms with Crippen molar-refractivity contribution in [3.05, 3.63) is 48.0 Å². The van der Waals surface area contributed by atoms with E-state index in [0.717, 1.165) is 11.1 Å². The van der Waals surface area contributed by atoms with E-state index in [2.05, 4.69) is 6.58 Å². The minimum absolute atomic E-state index is 0.00898. The van der Waals surface area contributed by atoms with Gasteiger partial charge >= 0.3 is 0 Å². The molecule has 1 aromatic carbocycles. The topological polar surface area (TPSA) is 66.8 Å². The third-order valence-corrected chi connectivity index (χ3v) is 6.82. The van der Waals surface area contributed by atoms with Crippen molar-refractivity contribution in [2.75, 3.05) is 13.7 Å². The van der Waals surface area contributed by atoms with E-state index in [-0.39, 0.29) is 18.3 Å². The number of aliphatic hydroxyl groups excluding tert-OH is 1. The number of aliphatic hydroxyl groups is 2. The lowest BCUT2D eigenvalue weighted by Crippen LogP contribution is -2.55. The van der Waals surface area contributed by atoms with Crippen LogP contribution in [-0.2, 0) is 16.0 Å². The van der Waals surface area contributed by atoms with Crippen LogP contribution in [0, 0.1) is 22.7 Å². The number of fused-ring (bicyclic) bond motifs is 2. The Bertz CT molecular complexity index is 680. The number of aryl methyl sites for hydroxylation is 1. The first-order chi connectivity index (χ1) is 11.8. The smallest absolute Gasteiger partial charge is 0.185 e. The number of ether oxygens (including phenoxy) is 1. The molecule has 3 rings (SSSR count). The molecule has 2 saturated carbocycles. The molecule has 2 bridgehead atoms. The number of hydrogen-bond donors (Lipinski definition) is 2. The SMILES string of the molecule is C=C1C2C(CO)CC(C(=O)CCc3ccccc3)(C1(C)C)C2(O)OC. The maximum absolute atomic E-state index is 13.4. The van der Waals surface area contributed by atoms with Crippen molar-refractivity contribution in [2.24, 2.45) is 22.7 Å². The van der Waals surface area contributed by atoms with Gasteiger partial charge in [0.1, 0.15) is 5.78 Å². The predicted octanol–water partition coefficient (Wildman–Crippen LogP) is 2.73. The van der Waals surface area contributed by atoms with Crippen LogP contribution in [0.3, 0.4) is 0 Å². The minimum Gasteiger partial charge on any atom is -0.396 e. The molecule has 136 valence electrons. The molecule has 4 heteroatoms. The van der Waals surface area contributed by atoms with Gasteiger partial charge in [0.2, 0.25) is 0 Å². The van der Waals surface area contributed by atoms with E-state index < -0.39 is 22.5 Å². The van der Waals surface area contributed by atoms with Crippen molar-refractivity contribution < 1.29 is 19.7 Å². The third-order valence-electron chi connectivity index (χ3n) is 6.82. The summed E-state index contributed by atoms with van der Waals surface area (Å²) < 4.78 is 5.56. The molecule has 0 aromatic heterocycles. The van der Waals surface area contributed by atoms with Crippen molar-refractivity contribution in [2.45, 2.75) is 38.9 Å². The molecule has 25 heavy (non-hydrogen) atoms. The van der Waals surface area contributed by atoms with Gasteiger partial charge < -0.3 is 14.9 Å². The molecule has 2 aliphatic rings. The van der Waals surface area contributed by atoms with Crippen molar-refractivity contribution in [1.82, 2.24) is 0 Å². The van der Waals surface area contributed by atoms with Gasteiger partial charge in [0.15, 0.2) is 5.79 Å². The molecule has 1 aromatic rings. The Hall–Kier alpha value is -1.49. The van der Waals surface area contributed by atoms with Gasteiger partial charge in [-0.2, -0.15) is 0 Å². The van der Waals surface area contributed by atoms with Crippen LogP contribution in [-0.4, -0.2) is 35.5 Å². The van der Waals surface area contributed by atoms with Gasteiger partial charge in [-0.25, -0.2) is 0 Å². The van der Waals surface area contributed by atoms with Gasteiger partial charge in [0, 0.05) is 31.5 Å². The van der Waals surface area contributed by atoms with Gasteiger partial charge in [-0.3, -0.25) is 4.79 Å². The highest BCUT2D eigenvalue weighted by Crippen LogP contribution is 2.73. The van der Waals surface area contributed by atoms with E-state index in [0.29, 0.717) is 19.3 Å². The number of rotatable bonds is 6. The fourth-order valence-electron chi connectivity index (χ4n) is 5.38. The number of methoxy groups -OCH3 is 1. The Balaban J connectivity index is 1.97. The van der Waals surface area contributed by atoms with E-state index in [4.69, 9.17) is 4.74 Å². The second kappa shape index (κ2) is 6.04. The summed E-state index contributed by atoms with van der Waals surface area (Å²) >= 11 is 0. The first-order valence-electron chi connectivity index (χ1n) is 8.91. The summed E-state index contributed by atoms with van der Waals surface area (Å²) in [4.78, 5) is 13.4. The molecule has 4 atom stereocenters. The number of carbonyl (C=O) groups is 1. The summed E-state index contributed by atoms with van der Waals surface area (Å²) in [6, 6.07) is 9.86. The molecule has 0 spiro atoms. The van der Waals surface area contributed by atoms with Gasteiger partial charge in [0.05, 0.1) is 5.41 Å². The van der Waals surface area contributed by atoms with Crippen molar-refractivity contribution >= 4 is 5.78 Å². The lowest BCUT2D eigenvalue weighted by molar-refractivity contribution is -0.253. The van der Waals surface area contributed by atoms with Crippen LogP contribution < -0.4 is 0 Å². The highest BCUT2D eigenvalue weighted by molar-refractivity contribution is 5.89. The second-order valence-electron chi connectivity index (χ2n) is 7.99. The molecule has 0 heterocycles. The summed E-state index contributed by atoms with van der Waals surface area (Å²) in [5.74, 6) is -2.23. The number of Topliss-reactive ketones (excluding diaryl/α,β-unsaturated/α-hetero) is 1. The molecule has 2 fully saturated rings. The minimum atomic E-state index is -1.60. The summed E-state index contributed by atoms with van der Waals surface area (Å²) in [6.45, 7) is 8.02. The zero-order valence-electron chi connectivity index (χ0n) is 15.3. The van der Waals surface area contributed by atoms with Gasteiger partial charge in [-0.15, -0.1) is 0 Å². The molecule has 0 radical (unpaired) electrons. The maximum Gasteiger partial charge on any atom is 0.185 e. The summed E-state index contributed by atoms with van der Waals surface area (Å²) in [6.07, 6.45) is 1.38. The van der Waals surface area contributed by atoms with Crippen molar-refractivity contribution in [3.63, 3.8) is 0 Å². The number of benzene rings is 1. The average molecular weight is 344 g/mol. The molecule has 2 aliphatic carbocycles. The zero-order chi connectivity index (χ0) is 18.5. The van der Waals surface area contributed by atoms with E-state index in [1.54, 1.807) is 0 Å². The number of hydrogen-bond acceptors (Lipinski definition) is 4.